The molecule has 0 saturated carbocycles. The summed E-state index contributed by atoms with van der Waals surface area (Å²) in [6.45, 7) is 7.29. The molecule has 1 aromatic rings. The first-order valence-corrected chi connectivity index (χ1v) is 6.14. The lowest BCUT2D eigenvalue weighted by Crippen LogP contribution is -2.26. The summed E-state index contributed by atoms with van der Waals surface area (Å²) in [5, 5.41) is 0. The Bertz CT molecular complexity index is 398. The summed E-state index contributed by atoms with van der Waals surface area (Å²) < 4.78 is 28.4. The summed E-state index contributed by atoms with van der Waals surface area (Å²) in [5.74, 6) is -0.311. The predicted octanol–water partition coefficient (Wildman–Crippen LogP) is 3.10. The van der Waals surface area contributed by atoms with Gasteiger partial charge in [0, 0.05) is 5.56 Å². The van der Waals surface area contributed by atoms with Crippen molar-refractivity contribution in [2.45, 2.75) is 32.4 Å². The van der Waals surface area contributed by atoms with E-state index in [9.17, 15) is 8.94 Å². The largest absolute Gasteiger partial charge is 0.591 e. The minimum Gasteiger partial charge on any atom is -0.591 e. The molecule has 0 heterocycles. The molecule has 0 N–H and O–H groups in total. The number of halogens is 1. The van der Waals surface area contributed by atoms with Crippen LogP contribution in [0.25, 0.3) is 0 Å². The van der Waals surface area contributed by atoms with E-state index in [0.717, 1.165) is 0 Å². The van der Waals surface area contributed by atoms with Gasteiger partial charge in [-0.3, -0.25) is 0 Å². The zero-order valence-corrected chi connectivity index (χ0v) is 10.8. The van der Waals surface area contributed by atoms with E-state index in [4.69, 9.17) is 0 Å². The molecule has 0 spiro atoms. The Balaban J connectivity index is 2.94. The van der Waals surface area contributed by atoms with Crippen molar-refractivity contribution < 1.29 is 8.94 Å². The molecular formula is C12H16FNOS. The van der Waals surface area contributed by atoms with Gasteiger partial charge in [0.15, 0.2) is 0 Å². The van der Waals surface area contributed by atoms with E-state index in [0.29, 0.717) is 11.3 Å². The predicted molar refractivity (Wildman–Crippen MR) is 66.5 cm³/mol. The molecule has 0 saturated heterocycles. The summed E-state index contributed by atoms with van der Waals surface area (Å²) in [4.78, 5) is 0. The zero-order chi connectivity index (χ0) is 12.3. The standard InChI is InChI=1S/C12H16FNOS/c1-9(14-16(15)12(2,3)4)10-6-5-7-11(13)8-10/h5-8H,1-4H3/b14-9+. The molecule has 2 nitrogen and oxygen atoms in total. The van der Waals surface area contributed by atoms with Gasteiger partial charge in [-0.1, -0.05) is 16.5 Å². The molecule has 0 aromatic heterocycles. The Kier molecular flexibility index (Phi) is 4.10. The van der Waals surface area contributed by atoms with Crippen LogP contribution in [-0.4, -0.2) is 15.0 Å². The lowest BCUT2D eigenvalue weighted by Gasteiger charge is -2.18. The minimum atomic E-state index is -1.31. The smallest absolute Gasteiger partial charge is 0.144 e. The first-order valence-electron chi connectivity index (χ1n) is 5.04. The highest BCUT2D eigenvalue weighted by Gasteiger charge is 2.26. The number of hydrogen-bond donors (Lipinski definition) is 0. The summed E-state index contributed by atoms with van der Waals surface area (Å²) >= 11 is -1.31. The van der Waals surface area contributed by atoms with Crippen LogP contribution in [0.2, 0.25) is 0 Å². The van der Waals surface area contributed by atoms with Gasteiger partial charge in [0.1, 0.15) is 21.9 Å². The highest BCUT2D eigenvalue weighted by atomic mass is 32.2. The van der Waals surface area contributed by atoms with Crippen LogP contribution >= 0.6 is 0 Å². The van der Waals surface area contributed by atoms with E-state index in [-0.39, 0.29) is 5.82 Å². The Hall–Kier alpha value is -0.870. The van der Waals surface area contributed by atoms with Crippen molar-refractivity contribution in [1.82, 2.24) is 0 Å². The number of benzene rings is 1. The van der Waals surface area contributed by atoms with E-state index in [2.05, 4.69) is 4.40 Å². The molecule has 1 aromatic carbocycles. The second-order valence-corrected chi connectivity index (χ2v) is 6.45. The Morgan fingerprint density at radius 1 is 1.38 bits per heavy atom. The lowest BCUT2D eigenvalue weighted by atomic mass is 10.1. The molecule has 16 heavy (non-hydrogen) atoms. The molecule has 0 aliphatic carbocycles. The van der Waals surface area contributed by atoms with E-state index in [1.807, 2.05) is 20.8 Å². The Morgan fingerprint density at radius 2 is 2.00 bits per heavy atom. The summed E-state index contributed by atoms with van der Waals surface area (Å²) in [7, 11) is 0. The van der Waals surface area contributed by atoms with Crippen LogP contribution in [-0.2, 0) is 11.4 Å². The van der Waals surface area contributed by atoms with E-state index >= 15 is 0 Å². The van der Waals surface area contributed by atoms with Crippen molar-refractivity contribution in [2.24, 2.45) is 4.40 Å². The van der Waals surface area contributed by atoms with Crippen molar-refractivity contribution in [2.75, 3.05) is 0 Å². The second kappa shape index (κ2) is 4.97. The van der Waals surface area contributed by atoms with Crippen LogP contribution in [0.4, 0.5) is 4.39 Å². The topological polar surface area (TPSA) is 35.4 Å². The van der Waals surface area contributed by atoms with Crippen LogP contribution in [0, 0.1) is 5.82 Å². The maximum absolute atomic E-state index is 13.0. The van der Waals surface area contributed by atoms with Crippen LogP contribution in [0.5, 0.6) is 0 Å². The van der Waals surface area contributed by atoms with Gasteiger partial charge in [-0.05, 0) is 39.8 Å². The third kappa shape index (κ3) is 3.61. The maximum Gasteiger partial charge on any atom is 0.144 e. The zero-order valence-electron chi connectivity index (χ0n) is 9.95. The quantitative estimate of drug-likeness (QED) is 0.579. The van der Waals surface area contributed by atoms with E-state index in [1.54, 1.807) is 19.1 Å². The van der Waals surface area contributed by atoms with Gasteiger partial charge in [-0.15, -0.1) is 0 Å². The van der Waals surface area contributed by atoms with Crippen molar-refractivity contribution in [3.05, 3.63) is 35.6 Å². The highest BCUT2D eigenvalue weighted by molar-refractivity contribution is 7.91. The molecule has 0 radical (unpaired) electrons. The van der Waals surface area contributed by atoms with Crippen LogP contribution < -0.4 is 0 Å². The van der Waals surface area contributed by atoms with E-state index < -0.39 is 16.1 Å². The molecule has 0 fully saturated rings. The Morgan fingerprint density at radius 3 is 2.50 bits per heavy atom. The summed E-state index contributed by atoms with van der Waals surface area (Å²) in [5.41, 5.74) is 1.25. The molecule has 1 rings (SSSR count). The summed E-state index contributed by atoms with van der Waals surface area (Å²) in [6, 6.07) is 6.13. The second-order valence-electron chi connectivity index (χ2n) is 4.55. The van der Waals surface area contributed by atoms with Gasteiger partial charge in [0.25, 0.3) is 0 Å². The van der Waals surface area contributed by atoms with Crippen molar-refractivity contribution in [1.29, 1.82) is 0 Å². The number of nitrogens with zero attached hydrogens (tertiary/aromatic N) is 1. The summed E-state index contributed by atoms with van der Waals surface area (Å²) in [6.07, 6.45) is 0. The molecule has 0 amide bonds. The number of hydrogen-bond acceptors (Lipinski definition) is 2. The SMILES string of the molecule is C/C(=N\[S+]([O-])C(C)(C)C)c1cccc(F)c1. The molecule has 88 valence electrons. The fraction of sp³-hybridized carbons (Fsp3) is 0.417. The van der Waals surface area contributed by atoms with Crippen molar-refractivity contribution in [3.8, 4) is 0 Å². The minimum absolute atomic E-state index is 0.311. The van der Waals surface area contributed by atoms with Gasteiger partial charge in [-0.25, -0.2) is 4.39 Å². The first kappa shape index (κ1) is 13.2. The van der Waals surface area contributed by atoms with Crippen LogP contribution in [0.1, 0.15) is 33.3 Å². The average Bonchev–Trinajstić information content (AvgIpc) is 2.16. The van der Waals surface area contributed by atoms with Gasteiger partial charge in [0.05, 0.1) is 5.71 Å². The van der Waals surface area contributed by atoms with Crippen LogP contribution in [0.3, 0.4) is 0 Å². The number of rotatable bonds is 2. The third-order valence-electron chi connectivity index (χ3n) is 1.99. The van der Waals surface area contributed by atoms with Gasteiger partial charge < -0.3 is 4.55 Å². The molecule has 0 aliphatic heterocycles. The molecule has 1 unspecified atom stereocenters. The fourth-order valence-corrected chi connectivity index (χ4v) is 1.66. The van der Waals surface area contributed by atoms with Gasteiger partial charge in [0.2, 0.25) is 0 Å². The third-order valence-corrected chi connectivity index (χ3v) is 3.47. The molecule has 0 aliphatic rings. The molecular weight excluding hydrogens is 225 g/mol. The maximum atomic E-state index is 13.0. The van der Waals surface area contributed by atoms with Gasteiger partial charge in [-0.2, -0.15) is 0 Å². The van der Waals surface area contributed by atoms with Gasteiger partial charge >= 0.3 is 0 Å². The molecule has 0 bridgehead atoms. The van der Waals surface area contributed by atoms with Crippen LogP contribution in [0.15, 0.2) is 28.7 Å². The Labute approximate surface area is 98.9 Å². The van der Waals surface area contributed by atoms with Crippen molar-refractivity contribution >= 4 is 17.1 Å². The normalized spacial score (nSPS) is 15.0. The first-order chi connectivity index (χ1) is 7.30. The van der Waals surface area contributed by atoms with E-state index in [1.165, 1.54) is 12.1 Å². The highest BCUT2D eigenvalue weighted by Crippen LogP contribution is 2.18. The average molecular weight is 241 g/mol. The lowest BCUT2D eigenvalue weighted by molar-refractivity contribution is 0.561. The molecule has 1 atom stereocenters. The van der Waals surface area contributed by atoms with Crippen molar-refractivity contribution in [3.63, 3.8) is 0 Å². The fourth-order valence-electron chi connectivity index (χ4n) is 1.03. The molecule has 4 heteroatoms. The monoisotopic (exact) mass is 241 g/mol.